The number of rotatable bonds is 0. The lowest BCUT2D eigenvalue weighted by atomic mass is 9.48. The molecule has 2 fully saturated rings. The average molecular weight is 341 g/mol. The van der Waals surface area contributed by atoms with E-state index in [0.717, 1.165) is 31.2 Å². The molecule has 1 saturated carbocycles. The maximum Gasteiger partial charge on any atom is 0.220 e. The van der Waals surface area contributed by atoms with E-state index in [2.05, 4.69) is 46.0 Å². The van der Waals surface area contributed by atoms with Crippen molar-refractivity contribution in [2.45, 2.75) is 77.7 Å². The van der Waals surface area contributed by atoms with E-state index < -0.39 is 0 Å². The summed E-state index contributed by atoms with van der Waals surface area (Å²) in [5.41, 5.74) is 3.60. The van der Waals surface area contributed by atoms with Gasteiger partial charge in [0.15, 0.2) is 0 Å². The van der Waals surface area contributed by atoms with Gasteiger partial charge in [-0.15, -0.1) is 0 Å². The highest BCUT2D eigenvalue weighted by Gasteiger charge is 2.61. The van der Waals surface area contributed by atoms with E-state index in [4.69, 9.17) is 0 Å². The molecule has 0 unspecified atom stereocenters. The fourth-order valence-electron chi connectivity index (χ4n) is 6.98. The summed E-state index contributed by atoms with van der Waals surface area (Å²) in [6.07, 6.45) is 4.77. The van der Waals surface area contributed by atoms with Crippen LogP contribution in [0.4, 0.5) is 0 Å². The molecule has 1 heterocycles. The largest absolute Gasteiger partial charge is 0.508 e. The Morgan fingerprint density at radius 3 is 2.56 bits per heavy atom. The zero-order chi connectivity index (χ0) is 18.2. The van der Waals surface area contributed by atoms with Gasteiger partial charge in [-0.05, 0) is 80.9 Å². The predicted molar refractivity (Wildman–Crippen MR) is 99.7 cm³/mol. The van der Waals surface area contributed by atoms with Crippen LogP contribution in [0, 0.1) is 24.2 Å². The molecular weight excluding hydrogens is 310 g/mol. The van der Waals surface area contributed by atoms with Gasteiger partial charge in [0.1, 0.15) is 5.75 Å². The zero-order valence-electron chi connectivity index (χ0n) is 16.2. The van der Waals surface area contributed by atoms with Crippen LogP contribution in [0.2, 0.25) is 0 Å². The lowest BCUT2D eigenvalue weighted by molar-refractivity contribution is -0.122. The molecule has 1 saturated heterocycles. The molecule has 25 heavy (non-hydrogen) atoms. The molecular formula is C22H31NO2. The summed E-state index contributed by atoms with van der Waals surface area (Å²) in [5.74, 6) is 1.62. The highest BCUT2D eigenvalue weighted by atomic mass is 16.3. The number of carbonyl (C=O) groups is 1. The number of fused-ring (bicyclic) bond motifs is 5. The molecule has 0 bridgehead atoms. The lowest BCUT2D eigenvalue weighted by Gasteiger charge is -2.57. The number of aromatic hydroxyl groups is 1. The maximum atomic E-state index is 12.3. The van der Waals surface area contributed by atoms with E-state index in [-0.39, 0.29) is 22.3 Å². The van der Waals surface area contributed by atoms with Gasteiger partial charge in [0, 0.05) is 22.9 Å². The first-order valence-corrected chi connectivity index (χ1v) is 9.72. The fourth-order valence-corrected chi connectivity index (χ4v) is 6.98. The van der Waals surface area contributed by atoms with Crippen LogP contribution in [0.15, 0.2) is 12.1 Å². The van der Waals surface area contributed by atoms with E-state index in [1.807, 2.05) is 6.07 Å². The molecule has 0 spiro atoms. The number of hydrogen-bond donors (Lipinski definition) is 2. The fraction of sp³-hybridized carbons (Fsp3) is 0.682. The smallest absolute Gasteiger partial charge is 0.220 e. The van der Waals surface area contributed by atoms with Gasteiger partial charge in [-0.3, -0.25) is 4.79 Å². The van der Waals surface area contributed by atoms with Crippen molar-refractivity contribution in [2.75, 3.05) is 0 Å². The minimum Gasteiger partial charge on any atom is -0.508 e. The number of benzene rings is 1. The number of carbonyl (C=O) groups excluding carboxylic acids is 1. The number of aryl methyl sites for hydroxylation is 1. The Balaban J connectivity index is 1.85. The van der Waals surface area contributed by atoms with E-state index in [1.165, 1.54) is 11.1 Å². The first-order valence-electron chi connectivity index (χ1n) is 9.72. The SMILES string of the molecule is Cc1cc(O)c2c(c1)C[C@@H]1[C@@]3(C)CCC(=O)NC(C)(C)[C@@H]3CC[C@@]21C. The third-order valence-corrected chi connectivity index (χ3v) is 7.88. The first-order chi connectivity index (χ1) is 11.6. The van der Waals surface area contributed by atoms with Crippen molar-refractivity contribution in [2.24, 2.45) is 17.3 Å². The van der Waals surface area contributed by atoms with Gasteiger partial charge in [-0.2, -0.15) is 0 Å². The second-order valence-corrected chi connectivity index (χ2v) is 9.86. The van der Waals surface area contributed by atoms with Crippen LogP contribution in [0.5, 0.6) is 5.75 Å². The minimum absolute atomic E-state index is 0.0157. The van der Waals surface area contributed by atoms with Gasteiger partial charge in [-0.25, -0.2) is 0 Å². The minimum atomic E-state index is -0.170. The van der Waals surface area contributed by atoms with E-state index >= 15 is 0 Å². The van der Waals surface area contributed by atoms with Gasteiger partial charge >= 0.3 is 0 Å². The second kappa shape index (κ2) is 5.02. The van der Waals surface area contributed by atoms with Gasteiger partial charge in [0.05, 0.1) is 0 Å². The molecule has 3 nitrogen and oxygen atoms in total. The molecule has 136 valence electrons. The van der Waals surface area contributed by atoms with Crippen molar-refractivity contribution >= 4 is 5.91 Å². The third-order valence-electron chi connectivity index (χ3n) is 7.88. The van der Waals surface area contributed by atoms with E-state index in [0.29, 0.717) is 24.0 Å². The quantitative estimate of drug-likeness (QED) is 0.742. The monoisotopic (exact) mass is 341 g/mol. The van der Waals surface area contributed by atoms with Crippen LogP contribution in [0.25, 0.3) is 0 Å². The molecule has 1 amide bonds. The normalized spacial score (nSPS) is 39.0. The number of phenolic OH excluding ortho intramolecular Hbond substituents is 1. The summed E-state index contributed by atoms with van der Waals surface area (Å²) in [6, 6.07) is 4.19. The zero-order valence-corrected chi connectivity index (χ0v) is 16.2. The van der Waals surface area contributed by atoms with Crippen LogP contribution >= 0.6 is 0 Å². The van der Waals surface area contributed by atoms with Crippen molar-refractivity contribution < 1.29 is 9.90 Å². The molecule has 1 aliphatic heterocycles. The average Bonchev–Trinajstić information content (AvgIpc) is 2.74. The van der Waals surface area contributed by atoms with Crippen LogP contribution in [-0.4, -0.2) is 16.6 Å². The Labute approximate surface area is 151 Å². The molecule has 4 atom stereocenters. The summed E-state index contributed by atoms with van der Waals surface area (Å²) in [7, 11) is 0. The molecule has 1 aromatic carbocycles. The Hall–Kier alpha value is -1.51. The van der Waals surface area contributed by atoms with Gasteiger partial charge in [-0.1, -0.05) is 19.9 Å². The second-order valence-electron chi connectivity index (χ2n) is 9.86. The summed E-state index contributed by atoms with van der Waals surface area (Å²) in [6.45, 7) is 11.2. The van der Waals surface area contributed by atoms with Crippen LogP contribution in [0.3, 0.4) is 0 Å². The molecule has 0 radical (unpaired) electrons. The first kappa shape index (κ1) is 16.9. The molecule has 2 aliphatic carbocycles. The Morgan fingerprint density at radius 1 is 1.12 bits per heavy atom. The van der Waals surface area contributed by atoms with Gasteiger partial charge < -0.3 is 10.4 Å². The molecule has 2 N–H and O–H groups in total. The van der Waals surface area contributed by atoms with Crippen molar-refractivity contribution in [3.05, 3.63) is 28.8 Å². The standard InChI is InChI=1S/C22H31NO2/c1-13-10-14-12-17-21(4)9-7-18(25)23-20(2,3)16(21)6-8-22(17,5)19(14)15(24)11-13/h10-11,16-17,24H,6-9,12H2,1-5H3,(H,23,25)/t16-,17+,21-,22+/m0/s1. The summed E-state index contributed by atoms with van der Waals surface area (Å²) in [5, 5.41) is 14.0. The summed E-state index contributed by atoms with van der Waals surface area (Å²) in [4.78, 5) is 12.3. The van der Waals surface area contributed by atoms with Gasteiger partial charge in [0.25, 0.3) is 0 Å². The molecule has 3 heteroatoms. The Kier molecular flexibility index (Phi) is 3.40. The lowest BCUT2D eigenvalue weighted by Crippen LogP contribution is -2.58. The van der Waals surface area contributed by atoms with Crippen molar-refractivity contribution in [3.8, 4) is 5.75 Å². The summed E-state index contributed by atoms with van der Waals surface area (Å²) >= 11 is 0. The Morgan fingerprint density at radius 2 is 1.84 bits per heavy atom. The molecule has 4 rings (SSSR count). The van der Waals surface area contributed by atoms with Crippen molar-refractivity contribution in [1.29, 1.82) is 0 Å². The van der Waals surface area contributed by atoms with Crippen molar-refractivity contribution in [3.63, 3.8) is 0 Å². The third kappa shape index (κ3) is 2.20. The topological polar surface area (TPSA) is 49.3 Å². The Bertz CT molecular complexity index is 753. The van der Waals surface area contributed by atoms with Crippen LogP contribution < -0.4 is 5.32 Å². The highest BCUT2D eigenvalue weighted by Crippen LogP contribution is 2.65. The molecule has 0 aromatic heterocycles. The number of amides is 1. The maximum absolute atomic E-state index is 12.3. The summed E-state index contributed by atoms with van der Waals surface area (Å²) < 4.78 is 0. The van der Waals surface area contributed by atoms with E-state index in [9.17, 15) is 9.90 Å². The van der Waals surface area contributed by atoms with Crippen LogP contribution in [0.1, 0.15) is 70.1 Å². The number of nitrogens with one attached hydrogen (secondary N) is 1. The number of phenols is 1. The van der Waals surface area contributed by atoms with E-state index in [1.54, 1.807) is 0 Å². The van der Waals surface area contributed by atoms with Gasteiger partial charge in [0.2, 0.25) is 5.91 Å². The van der Waals surface area contributed by atoms with Crippen LogP contribution in [-0.2, 0) is 16.6 Å². The molecule has 3 aliphatic rings. The predicted octanol–water partition coefficient (Wildman–Crippen LogP) is 4.24. The highest BCUT2D eigenvalue weighted by molar-refractivity contribution is 5.77. The van der Waals surface area contributed by atoms with Crippen molar-refractivity contribution in [1.82, 2.24) is 5.32 Å². The number of hydrogen-bond acceptors (Lipinski definition) is 2. The molecule has 1 aromatic rings.